The number of carbonyl (C=O) groups is 2. The number of rotatable bonds is 9. The summed E-state index contributed by atoms with van der Waals surface area (Å²) in [6, 6.07) is -1.13. The van der Waals surface area contributed by atoms with Crippen LogP contribution in [0.4, 0.5) is 0 Å². The third kappa shape index (κ3) is 6.73. The van der Waals surface area contributed by atoms with Gasteiger partial charge in [0.1, 0.15) is 12.1 Å². The van der Waals surface area contributed by atoms with E-state index in [2.05, 4.69) is 20.8 Å². The number of carbonyl (C=O) groups excluding carboxylic acids is 1. The van der Waals surface area contributed by atoms with Crippen molar-refractivity contribution in [2.24, 2.45) is 5.92 Å². The van der Waals surface area contributed by atoms with E-state index in [0.29, 0.717) is 0 Å². The Hall–Kier alpha value is -1.75. The van der Waals surface area contributed by atoms with Crippen LogP contribution in [0.25, 0.3) is 0 Å². The predicted molar refractivity (Wildman–Crippen MR) is 91.2 cm³/mol. The minimum absolute atomic E-state index is 0. The average Bonchev–Trinajstić information content (AvgIpc) is 3.08. The topological polar surface area (TPSA) is 141 Å². The fourth-order valence-electron chi connectivity index (χ4n) is 2.88. The predicted octanol–water partition coefficient (Wildman–Crippen LogP) is -3.31. The maximum absolute atomic E-state index is 12.5. The molecule has 1 aliphatic heterocycles. The number of aliphatic hydroxyl groups is 1. The molecule has 1 aliphatic rings. The minimum atomic E-state index is -0.965. The Bertz CT molecular complexity index is 606. The van der Waals surface area contributed by atoms with Crippen molar-refractivity contribution in [1.82, 2.24) is 25.7 Å². The molecule has 1 fully saturated rings. The largest absolute Gasteiger partial charge is 1.00 e. The molecule has 0 aromatic carbocycles. The molecular weight excluding hydrogens is 378 g/mol. The van der Waals surface area contributed by atoms with E-state index >= 15 is 0 Å². The molecule has 2 heterocycles. The number of nitrogens with zero attached hydrogens (tertiary/aromatic N) is 3. The number of hydrogen-bond donors (Lipinski definition) is 4. The molecule has 11 heteroatoms. The number of aromatic nitrogens is 2. The van der Waals surface area contributed by atoms with Crippen molar-refractivity contribution in [1.29, 1.82) is 0 Å². The summed E-state index contributed by atoms with van der Waals surface area (Å²) in [5.74, 6) is -0.828. The number of likely N-dealkylation sites (N-methyl/N-ethyl adjacent to an activating group) is 1. The number of hydrogen-bond acceptors (Lipinski definition) is 8. The molecule has 154 valence electrons. The first kappa shape index (κ1) is 23.3. The monoisotopic (exact) mass is 404 g/mol. The maximum Gasteiger partial charge on any atom is 0.303 e. The summed E-state index contributed by atoms with van der Waals surface area (Å²) >= 11 is 0. The van der Waals surface area contributed by atoms with Crippen LogP contribution in [-0.4, -0.2) is 71.0 Å². The summed E-state index contributed by atoms with van der Waals surface area (Å²) < 4.78 is 5.64. The molecular formula is C16H27ClN5O5-. The summed E-state index contributed by atoms with van der Waals surface area (Å²) in [5.41, 5.74) is 0. The van der Waals surface area contributed by atoms with E-state index in [-0.39, 0.29) is 55.5 Å². The molecule has 2 rings (SSSR count). The second kappa shape index (κ2) is 11.2. The number of carboxylic acid groups (broad SMARTS) is 1. The highest BCUT2D eigenvalue weighted by Crippen LogP contribution is 2.23. The van der Waals surface area contributed by atoms with Crippen LogP contribution in [-0.2, 0) is 9.59 Å². The van der Waals surface area contributed by atoms with Gasteiger partial charge in [-0.1, -0.05) is 0 Å². The first-order valence-electron chi connectivity index (χ1n) is 8.75. The van der Waals surface area contributed by atoms with E-state index in [1.807, 2.05) is 0 Å². The molecule has 1 amide bonds. The van der Waals surface area contributed by atoms with Crippen molar-refractivity contribution in [2.45, 2.75) is 37.8 Å². The molecule has 1 aromatic heterocycles. The van der Waals surface area contributed by atoms with E-state index < -0.39 is 18.1 Å². The van der Waals surface area contributed by atoms with Crippen molar-refractivity contribution in [2.75, 3.05) is 33.8 Å². The number of carboxylic acids is 1. The number of halogens is 1. The van der Waals surface area contributed by atoms with Crippen molar-refractivity contribution in [3.63, 3.8) is 0 Å². The lowest BCUT2D eigenvalue weighted by molar-refractivity contribution is -0.137. The maximum atomic E-state index is 12.5. The van der Waals surface area contributed by atoms with Gasteiger partial charge in [0.2, 0.25) is 17.7 Å². The Morgan fingerprint density at radius 1 is 1.30 bits per heavy atom. The smallest absolute Gasteiger partial charge is 0.303 e. The normalized spacial score (nSPS) is 17.2. The SMILES string of the molecule is CN(C)[C@@H](CO)c1nnc([C@H](CCC(=O)O)NC(=O)C2CCNCC2)o1.[Cl-]. The fraction of sp³-hybridized carbons (Fsp3) is 0.750. The molecule has 1 saturated heterocycles. The molecule has 1 aromatic rings. The summed E-state index contributed by atoms with van der Waals surface area (Å²) in [7, 11) is 3.54. The molecule has 4 N–H and O–H groups in total. The van der Waals surface area contributed by atoms with Crippen LogP contribution in [0.2, 0.25) is 0 Å². The number of amides is 1. The highest BCUT2D eigenvalue weighted by atomic mass is 35.5. The van der Waals surface area contributed by atoms with E-state index in [9.17, 15) is 14.7 Å². The second-order valence-electron chi connectivity index (χ2n) is 6.66. The van der Waals surface area contributed by atoms with Crippen molar-refractivity contribution in [3.8, 4) is 0 Å². The summed E-state index contributed by atoms with van der Waals surface area (Å²) in [5, 5.41) is 32.4. The highest BCUT2D eigenvalue weighted by Gasteiger charge is 2.28. The minimum Gasteiger partial charge on any atom is -1.00 e. The molecule has 2 atom stereocenters. The first-order chi connectivity index (χ1) is 12.4. The van der Waals surface area contributed by atoms with Gasteiger partial charge in [-0.15, -0.1) is 10.2 Å². The number of piperidine rings is 1. The van der Waals surface area contributed by atoms with Crippen LogP contribution in [0.15, 0.2) is 4.42 Å². The van der Waals surface area contributed by atoms with Gasteiger partial charge in [-0.05, 0) is 46.4 Å². The molecule has 10 nitrogen and oxygen atoms in total. The second-order valence-corrected chi connectivity index (χ2v) is 6.66. The lowest BCUT2D eigenvalue weighted by Crippen LogP contribution is -3.00. The van der Waals surface area contributed by atoms with Crippen LogP contribution in [0.5, 0.6) is 0 Å². The van der Waals surface area contributed by atoms with Crippen molar-refractivity contribution >= 4 is 11.9 Å². The zero-order chi connectivity index (χ0) is 19.1. The Morgan fingerprint density at radius 2 is 1.93 bits per heavy atom. The summed E-state index contributed by atoms with van der Waals surface area (Å²) in [4.78, 5) is 25.2. The Morgan fingerprint density at radius 3 is 2.48 bits per heavy atom. The van der Waals surface area contributed by atoms with E-state index in [1.54, 1.807) is 19.0 Å². The van der Waals surface area contributed by atoms with Gasteiger partial charge in [-0.3, -0.25) is 14.5 Å². The van der Waals surface area contributed by atoms with Gasteiger partial charge in [0.15, 0.2) is 0 Å². The number of aliphatic carboxylic acids is 1. The third-order valence-electron chi connectivity index (χ3n) is 4.51. The Balaban J connectivity index is 0.00000364. The molecule has 0 spiro atoms. The van der Waals surface area contributed by atoms with E-state index in [1.165, 1.54) is 0 Å². The average molecular weight is 405 g/mol. The Kier molecular flexibility index (Phi) is 9.64. The van der Waals surface area contributed by atoms with Crippen LogP contribution in [0.1, 0.15) is 49.5 Å². The lowest BCUT2D eigenvalue weighted by atomic mass is 9.96. The fourth-order valence-corrected chi connectivity index (χ4v) is 2.88. The van der Waals surface area contributed by atoms with Gasteiger partial charge < -0.3 is 37.7 Å². The van der Waals surface area contributed by atoms with Crippen LogP contribution in [0.3, 0.4) is 0 Å². The molecule has 0 saturated carbocycles. The van der Waals surface area contributed by atoms with Gasteiger partial charge in [0.05, 0.1) is 6.61 Å². The standard InChI is InChI=1S/C16H27N5O5.ClH/c1-21(2)12(9-22)16-20-19-15(26-16)11(3-4-13(23)24)18-14(25)10-5-7-17-8-6-10;/h10-12,17,22H,3-9H2,1-2H3,(H,18,25)(H,23,24);1H/p-1/t11-,12-;/m0./s1. The molecule has 0 bridgehead atoms. The highest BCUT2D eigenvalue weighted by molar-refractivity contribution is 5.79. The molecule has 0 aliphatic carbocycles. The van der Waals surface area contributed by atoms with Crippen molar-refractivity contribution < 1.29 is 36.6 Å². The zero-order valence-electron chi connectivity index (χ0n) is 15.5. The molecule has 0 radical (unpaired) electrons. The summed E-state index contributed by atoms with van der Waals surface area (Å²) in [6.45, 7) is 1.36. The van der Waals surface area contributed by atoms with Gasteiger partial charge in [0.25, 0.3) is 0 Å². The third-order valence-corrected chi connectivity index (χ3v) is 4.51. The zero-order valence-corrected chi connectivity index (χ0v) is 16.3. The lowest BCUT2D eigenvalue weighted by Gasteiger charge is -2.24. The Labute approximate surface area is 164 Å². The quantitative estimate of drug-likeness (QED) is 0.333. The van der Waals surface area contributed by atoms with Gasteiger partial charge >= 0.3 is 5.97 Å². The van der Waals surface area contributed by atoms with Crippen LogP contribution in [0, 0.1) is 5.92 Å². The van der Waals surface area contributed by atoms with E-state index in [0.717, 1.165) is 25.9 Å². The van der Waals surface area contributed by atoms with Crippen LogP contribution >= 0.6 is 0 Å². The molecule has 0 unspecified atom stereocenters. The van der Waals surface area contributed by atoms with Gasteiger partial charge in [0, 0.05) is 12.3 Å². The number of nitrogens with one attached hydrogen (secondary N) is 2. The van der Waals surface area contributed by atoms with E-state index in [4.69, 9.17) is 9.52 Å². The molecule has 27 heavy (non-hydrogen) atoms. The first-order valence-corrected chi connectivity index (χ1v) is 8.75. The van der Waals surface area contributed by atoms with Gasteiger partial charge in [-0.25, -0.2) is 0 Å². The van der Waals surface area contributed by atoms with Gasteiger partial charge in [-0.2, -0.15) is 0 Å². The summed E-state index contributed by atoms with van der Waals surface area (Å²) in [6.07, 6.45) is 1.49. The number of aliphatic hydroxyl groups excluding tert-OH is 1. The van der Waals surface area contributed by atoms with Crippen molar-refractivity contribution in [3.05, 3.63) is 11.8 Å². The van der Waals surface area contributed by atoms with Crippen LogP contribution < -0.4 is 23.0 Å².